The Bertz CT molecular complexity index is 717. The summed E-state index contributed by atoms with van der Waals surface area (Å²) in [5.74, 6) is -1.03. The van der Waals surface area contributed by atoms with Gasteiger partial charge in [-0.3, -0.25) is 4.79 Å². The molecule has 1 aromatic heterocycles. The molecule has 1 N–H and O–H groups in total. The second-order valence-corrected chi connectivity index (χ2v) is 7.63. The van der Waals surface area contributed by atoms with Crippen LogP contribution in [0.15, 0.2) is 35.4 Å². The summed E-state index contributed by atoms with van der Waals surface area (Å²) in [6, 6.07) is 5.95. The van der Waals surface area contributed by atoms with Crippen molar-refractivity contribution in [3.05, 3.63) is 45.9 Å². The van der Waals surface area contributed by atoms with E-state index in [-0.39, 0.29) is 17.1 Å². The summed E-state index contributed by atoms with van der Waals surface area (Å²) in [5, 5.41) is 9.50. The Balaban J connectivity index is 2.19. The van der Waals surface area contributed by atoms with Gasteiger partial charge < -0.3 is 5.11 Å². The first-order valence-electron chi connectivity index (χ1n) is 5.81. The van der Waals surface area contributed by atoms with E-state index in [0.29, 0.717) is 10.4 Å². The van der Waals surface area contributed by atoms with E-state index in [1.165, 1.54) is 35.6 Å². The average Bonchev–Trinajstić information content (AvgIpc) is 2.74. The molecule has 2 aromatic rings. The van der Waals surface area contributed by atoms with Gasteiger partial charge in [0.1, 0.15) is 0 Å². The van der Waals surface area contributed by atoms with E-state index in [2.05, 4.69) is 4.98 Å². The summed E-state index contributed by atoms with van der Waals surface area (Å²) >= 11 is 1.35. The molecule has 106 valence electrons. The predicted molar refractivity (Wildman–Crippen MR) is 75.5 cm³/mol. The van der Waals surface area contributed by atoms with E-state index in [1.807, 2.05) is 6.92 Å². The van der Waals surface area contributed by atoms with Gasteiger partial charge in [-0.15, -0.1) is 11.3 Å². The fourth-order valence-electron chi connectivity index (χ4n) is 1.73. The van der Waals surface area contributed by atoms with Gasteiger partial charge in [-0.1, -0.05) is 12.1 Å². The smallest absolute Gasteiger partial charge is 0.307 e. The maximum Gasteiger partial charge on any atom is 0.307 e. The number of thiazole rings is 1. The molecular weight excluding hydrogens is 298 g/mol. The fraction of sp³-hybridized carbons (Fsp3) is 0.231. The number of carboxylic acids is 1. The van der Waals surface area contributed by atoms with Crippen molar-refractivity contribution in [3.63, 3.8) is 0 Å². The zero-order valence-electron chi connectivity index (χ0n) is 10.7. The lowest BCUT2D eigenvalue weighted by molar-refractivity contribution is -0.136. The molecule has 0 aliphatic heterocycles. The minimum Gasteiger partial charge on any atom is -0.481 e. The minimum atomic E-state index is -3.42. The van der Waals surface area contributed by atoms with Crippen LogP contribution in [0.3, 0.4) is 0 Å². The Hall–Kier alpha value is -1.73. The standard InChI is InChI=1S/C13H13NO4S2/c1-9-14-7-11(19-9)8-20(17,18)12-4-2-10(3-5-12)6-13(15)16/h2-5,7H,6,8H2,1H3,(H,15,16). The molecule has 0 fully saturated rings. The van der Waals surface area contributed by atoms with Crippen LogP contribution in [0.1, 0.15) is 15.4 Å². The van der Waals surface area contributed by atoms with Crippen molar-refractivity contribution in [2.24, 2.45) is 0 Å². The fourth-order valence-corrected chi connectivity index (χ4v) is 4.19. The summed E-state index contributed by atoms with van der Waals surface area (Å²) < 4.78 is 24.4. The van der Waals surface area contributed by atoms with Crippen LogP contribution in [0.5, 0.6) is 0 Å². The molecular formula is C13H13NO4S2. The van der Waals surface area contributed by atoms with E-state index < -0.39 is 15.8 Å². The number of nitrogens with zero attached hydrogens (tertiary/aromatic N) is 1. The predicted octanol–water partition coefficient (Wildman–Crippen LogP) is 2.05. The van der Waals surface area contributed by atoms with Gasteiger partial charge in [0, 0.05) is 11.1 Å². The van der Waals surface area contributed by atoms with Crippen LogP contribution in [0, 0.1) is 6.92 Å². The highest BCUT2D eigenvalue weighted by atomic mass is 32.2. The molecule has 2 rings (SSSR count). The monoisotopic (exact) mass is 311 g/mol. The lowest BCUT2D eigenvalue weighted by Gasteiger charge is -2.04. The molecule has 0 aliphatic rings. The number of carbonyl (C=O) groups is 1. The second-order valence-electron chi connectivity index (χ2n) is 4.32. The van der Waals surface area contributed by atoms with Crippen LogP contribution < -0.4 is 0 Å². The lowest BCUT2D eigenvalue weighted by atomic mass is 10.2. The van der Waals surface area contributed by atoms with Crippen LogP contribution in [0.2, 0.25) is 0 Å². The molecule has 0 unspecified atom stereocenters. The highest BCUT2D eigenvalue weighted by molar-refractivity contribution is 7.90. The summed E-state index contributed by atoms with van der Waals surface area (Å²) in [7, 11) is -3.42. The summed E-state index contributed by atoms with van der Waals surface area (Å²) in [4.78, 5) is 15.5. The second kappa shape index (κ2) is 5.72. The van der Waals surface area contributed by atoms with E-state index in [9.17, 15) is 13.2 Å². The van der Waals surface area contributed by atoms with Crippen molar-refractivity contribution in [1.29, 1.82) is 0 Å². The third kappa shape index (κ3) is 3.64. The number of rotatable bonds is 5. The zero-order valence-corrected chi connectivity index (χ0v) is 12.4. The zero-order chi connectivity index (χ0) is 14.8. The first kappa shape index (κ1) is 14.7. The van der Waals surface area contributed by atoms with Gasteiger partial charge in [0.25, 0.3) is 0 Å². The molecule has 0 aliphatic carbocycles. The summed E-state index contributed by atoms with van der Waals surface area (Å²) in [6.45, 7) is 1.82. The Morgan fingerprint density at radius 2 is 1.95 bits per heavy atom. The van der Waals surface area contributed by atoms with Gasteiger partial charge in [0.15, 0.2) is 9.84 Å². The Labute approximate surface area is 120 Å². The third-order valence-electron chi connectivity index (χ3n) is 2.64. The normalized spacial score (nSPS) is 11.4. The molecule has 7 heteroatoms. The molecule has 0 saturated carbocycles. The van der Waals surface area contributed by atoms with Crippen molar-refractivity contribution in [2.45, 2.75) is 24.0 Å². The van der Waals surface area contributed by atoms with Crippen LogP contribution >= 0.6 is 11.3 Å². The lowest BCUT2D eigenvalue weighted by Crippen LogP contribution is -2.05. The van der Waals surface area contributed by atoms with Crippen molar-refractivity contribution in [3.8, 4) is 0 Å². The average molecular weight is 311 g/mol. The first-order valence-corrected chi connectivity index (χ1v) is 8.28. The Kier molecular flexibility index (Phi) is 4.20. The van der Waals surface area contributed by atoms with Gasteiger partial charge in [0.2, 0.25) is 0 Å². The van der Waals surface area contributed by atoms with E-state index in [0.717, 1.165) is 5.01 Å². The molecule has 0 spiro atoms. The number of sulfone groups is 1. The molecule has 0 amide bonds. The number of hydrogen-bond donors (Lipinski definition) is 1. The quantitative estimate of drug-likeness (QED) is 0.913. The SMILES string of the molecule is Cc1ncc(CS(=O)(=O)c2ccc(CC(=O)O)cc2)s1. The highest BCUT2D eigenvalue weighted by Gasteiger charge is 2.17. The van der Waals surface area contributed by atoms with Gasteiger partial charge >= 0.3 is 5.97 Å². The molecule has 5 nitrogen and oxygen atoms in total. The Morgan fingerprint density at radius 3 is 2.45 bits per heavy atom. The minimum absolute atomic E-state index is 0.0865. The maximum atomic E-state index is 12.2. The van der Waals surface area contributed by atoms with E-state index in [1.54, 1.807) is 6.20 Å². The number of carboxylic acid groups (broad SMARTS) is 1. The van der Waals surface area contributed by atoms with Crippen molar-refractivity contribution in [1.82, 2.24) is 4.98 Å². The highest BCUT2D eigenvalue weighted by Crippen LogP contribution is 2.20. The summed E-state index contributed by atoms with van der Waals surface area (Å²) in [6.07, 6.45) is 1.45. The van der Waals surface area contributed by atoms with Crippen LogP contribution in [0.4, 0.5) is 0 Å². The molecule has 0 radical (unpaired) electrons. The number of aryl methyl sites for hydroxylation is 1. The maximum absolute atomic E-state index is 12.2. The topological polar surface area (TPSA) is 84.3 Å². The van der Waals surface area contributed by atoms with Gasteiger partial charge in [-0.05, 0) is 24.6 Å². The molecule has 0 bridgehead atoms. The van der Waals surface area contributed by atoms with Crippen LogP contribution in [-0.2, 0) is 26.8 Å². The summed E-state index contributed by atoms with van der Waals surface area (Å²) in [5.41, 5.74) is 0.574. The van der Waals surface area contributed by atoms with Crippen molar-refractivity contribution in [2.75, 3.05) is 0 Å². The Morgan fingerprint density at radius 1 is 1.30 bits per heavy atom. The third-order valence-corrected chi connectivity index (χ3v) is 5.42. The molecule has 0 saturated heterocycles. The van der Waals surface area contributed by atoms with Crippen LogP contribution in [-0.4, -0.2) is 24.5 Å². The molecule has 0 atom stereocenters. The van der Waals surface area contributed by atoms with Gasteiger partial charge in [-0.2, -0.15) is 0 Å². The van der Waals surface area contributed by atoms with Gasteiger partial charge in [-0.25, -0.2) is 13.4 Å². The van der Waals surface area contributed by atoms with Crippen molar-refractivity contribution < 1.29 is 18.3 Å². The van der Waals surface area contributed by atoms with Crippen molar-refractivity contribution >= 4 is 27.1 Å². The molecule has 20 heavy (non-hydrogen) atoms. The molecule has 1 heterocycles. The number of benzene rings is 1. The number of aromatic nitrogens is 1. The first-order chi connectivity index (χ1) is 9.37. The van der Waals surface area contributed by atoms with Crippen LogP contribution in [0.25, 0.3) is 0 Å². The largest absolute Gasteiger partial charge is 0.481 e. The van der Waals surface area contributed by atoms with E-state index in [4.69, 9.17) is 5.11 Å². The number of aliphatic carboxylic acids is 1. The van der Waals surface area contributed by atoms with E-state index >= 15 is 0 Å². The number of hydrogen-bond acceptors (Lipinski definition) is 5. The van der Waals surface area contributed by atoms with Gasteiger partial charge in [0.05, 0.1) is 22.1 Å². The molecule has 1 aromatic carbocycles.